The molecule has 1 heterocycles. The maximum Gasteiger partial charge on any atom is 0.445 e. The Labute approximate surface area is 118 Å². The van der Waals surface area contributed by atoms with Gasteiger partial charge in [-0.2, -0.15) is 13.2 Å². The van der Waals surface area contributed by atoms with Crippen molar-refractivity contribution in [2.45, 2.75) is 6.18 Å². The molecule has 0 N–H and O–H groups in total. The summed E-state index contributed by atoms with van der Waals surface area (Å²) in [5.41, 5.74) is 0. The van der Waals surface area contributed by atoms with Gasteiger partial charge in [-0.05, 0) is 34.1 Å². The highest BCUT2D eigenvalue weighted by Crippen LogP contribution is 2.37. The van der Waals surface area contributed by atoms with Crippen molar-refractivity contribution in [2.75, 3.05) is 7.11 Å². The third-order valence-corrected chi connectivity index (χ3v) is 3.45. The van der Waals surface area contributed by atoms with Crippen LogP contribution in [0.5, 0.6) is 16.7 Å². The number of ether oxygens (including phenoxy) is 2. The van der Waals surface area contributed by atoms with E-state index in [-0.39, 0.29) is 5.19 Å². The molecule has 0 saturated heterocycles. The molecule has 4 nitrogen and oxygen atoms in total. The van der Waals surface area contributed by atoms with E-state index in [1.54, 1.807) is 18.2 Å². The molecule has 0 fully saturated rings. The molecule has 1 aromatic carbocycles. The third-order valence-electron chi connectivity index (χ3n) is 1.99. The predicted octanol–water partition coefficient (Wildman–Crippen LogP) is 4.12. The van der Waals surface area contributed by atoms with Crippen LogP contribution in [0.1, 0.15) is 5.01 Å². The van der Waals surface area contributed by atoms with Crippen molar-refractivity contribution in [3.05, 3.63) is 27.7 Å². The molecule has 0 aliphatic heterocycles. The summed E-state index contributed by atoms with van der Waals surface area (Å²) in [7, 11) is 1.50. The standard InChI is InChI=1S/C10H6BrF3N2O2S/c1-17-5-2-3-7(6(11)4-5)18-9-16-15-8(19-9)10(12,13)14/h2-4H,1H3. The fourth-order valence-corrected chi connectivity index (χ4v) is 2.17. The molecule has 0 spiro atoms. The van der Waals surface area contributed by atoms with Crippen molar-refractivity contribution in [2.24, 2.45) is 0 Å². The zero-order valence-electron chi connectivity index (χ0n) is 9.36. The highest BCUT2D eigenvalue weighted by molar-refractivity contribution is 9.10. The number of hydrogen-bond donors (Lipinski definition) is 0. The van der Waals surface area contributed by atoms with Crippen LogP contribution in [0.4, 0.5) is 13.2 Å². The van der Waals surface area contributed by atoms with E-state index in [0.29, 0.717) is 27.3 Å². The summed E-state index contributed by atoms with van der Waals surface area (Å²) < 4.78 is 47.8. The molecule has 0 aliphatic rings. The predicted molar refractivity (Wildman–Crippen MR) is 65.7 cm³/mol. The molecule has 0 aliphatic carbocycles. The first-order chi connectivity index (χ1) is 8.90. The van der Waals surface area contributed by atoms with Crippen LogP contribution in [-0.2, 0) is 6.18 Å². The number of methoxy groups -OCH3 is 1. The lowest BCUT2D eigenvalue weighted by molar-refractivity contribution is -0.138. The first-order valence-electron chi connectivity index (χ1n) is 4.82. The largest absolute Gasteiger partial charge is 0.497 e. The molecule has 0 unspecified atom stereocenters. The second kappa shape index (κ2) is 5.33. The van der Waals surface area contributed by atoms with Gasteiger partial charge in [0.15, 0.2) is 0 Å². The Morgan fingerprint density at radius 1 is 1.26 bits per heavy atom. The molecule has 0 radical (unpaired) electrons. The second-order valence-corrected chi connectivity index (χ2v) is 5.06. The third kappa shape index (κ3) is 3.35. The van der Waals surface area contributed by atoms with Crippen molar-refractivity contribution < 1.29 is 22.6 Å². The van der Waals surface area contributed by atoms with E-state index in [2.05, 4.69) is 26.1 Å². The topological polar surface area (TPSA) is 44.2 Å². The van der Waals surface area contributed by atoms with Gasteiger partial charge in [0.1, 0.15) is 11.5 Å². The average Bonchev–Trinajstić information content (AvgIpc) is 2.80. The Hall–Kier alpha value is -1.35. The van der Waals surface area contributed by atoms with E-state index in [9.17, 15) is 13.2 Å². The summed E-state index contributed by atoms with van der Waals surface area (Å²) in [5.74, 6) is 0.915. The Morgan fingerprint density at radius 2 is 2.00 bits per heavy atom. The van der Waals surface area contributed by atoms with Gasteiger partial charge < -0.3 is 9.47 Å². The lowest BCUT2D eigenvalue weighted by atomic mass is 10.3. The van der Waals surface area contributed by atoms with Gasteiger partial charge >= 0.3 is 6.18 Å². The quantitative estimate of drug-likeness (QED) is 0.831. The Balaban J connectivity index is 2.20. The summed E-state index contributed by atoms with van der Waals surface area (Å²) in [4.78, 5) is 0. The average molecular weight is 355 g/mol. The van der Waals surface area contributed by atoms with Gasteiger partial charge in [-0.1, -0.05) is 16.4 Å². The Bertz CT molecular complexity index is 588. The number of benzene rings is 1. The van der Waals surface area contributed by atoms with E-state index < -0.39 is 11.2 Å². The molecule has 0 amide bonds. The monoisotopic (exact) mass is 354 g/mol. The molecule has 102 valence electrons. The van der Waals surface area contributed by atoms with Gasteiger partial charge in [0.25, 0.3) is 5.19 Å². The normalized spacial score (nSPS) is 11.4. The van der Waals surface area contributed by atoms with Crippen LogP contribution in [0, 0.1) is 0 Å². The van der Waals surface area contributed by atoms with Gasteiger partial charge in [0.2, 0.25) is 5.01 Å². The lowest BCUT2D eigenvalue weighted by Crippen LogP contribution is -2.03. The zero-order chi connectivity index (χ0) is 14.0. The molecule has 0 atom stereocenters. The molecule has 2 rings (SSSR count). The van der Waals surface area contributed by atoms with Crippen LogP contribution in [0.3, 0.4) is 0 Å². The highest BCUT2D eigenvalue weighted by atomic mass is 79.9. The summed E-state index contributed by atoms with van der Waals surface area (Å²) in [6.45, 7) is 0. The molecular formula is C10H6BrF3N2O2S. The van der Waals surface area contributed by atoms with Gasteiger partial charge in [-0.15, -0.1) is 5.10 Å². The van der Waals surface area contributed by atoms with Gasteiger partial charge in [-0.3, -0.25) is 0 Å². The first-order valence-corrected chi connectivity index (χ1v) is 6.43. The Kier molecular flexibility index (Phi) is 3.95. The zero-order valence-corrected chi connectivity index (χ0v) is 11.8. The van der Waals surface area contributed by atoms with E-state index in [4.69, 9.17) is 9.47 Å². The van der Waals surface area contributed by atoms with Crippen LogP contribution < -0.4 is 9.47 Å². The number of hydrogen-bond acceptors (Lipinski definition) is 5. The highest BCUT2D eigenvalue weighted by Gasteiger charge is 2.36. The van der Waals surface area contributed by atoms with Crippen LogP contribution in [-0.4, -0.2) is 17.3 Å². The van der Waals surface area contributed by atoms with Gasteiger partial charge in [-0.25, -0.2) is 0 Å². The van der Waals surface area contributed by atoms with Crippen LogP contribution in [0.25, 0.3) is 0 Å². The maximum atomic E-state index is 12.3. The number of rotatable bonds is 3. The Morgan fingerprint density at radius 3 is 2.53 bits per heavy atom. The summed E-state index contributed by atoms with van der Waals surface area (Å²) >= 11 is 3.55. The number of alkyl halides is 3. The fraction of sp³-hybridized carbons (Fsp3) is 0.200. The minimum absolute atomic E-state index is 0.182. The number of aromatic nitrogens is 2. The van der Waals surface area contributed by atoms with E-state index in [1.165, 1.54) is 7.11 Å². The maximum absolute atomic E-state index is 12.3. The van der Waals surface area contributed by atoms with E-state index >= 15 is 0 Å². The van der Waals surface area contributed by atoms with Crippen molar-refractivity contribution >= 4 is 27.3 Å². The number of nitrogens with zero attached hydrogens (tertiary/aromatic N) is 2. The minimum atomic E-state index is -4.52. The van der Waals surface area contributed by atoms with Crippen LogP contribution in [0.2, 0.25) is 0 Å². The molecule has 1 aromatic heterocycles. The SMILES string of the molecule is COc1ccc(Oc2nnc(C(F)(F)F)s2)c(Br)c1. The van der Waals surface area contributed by atoms with Crippen molar-refractivity contribution in [1.82, 2.24) is 10.2 Å². The number of halogens is 4. The summed E-state index contributed by atoms with van der Waals surface area (Å²) in [6.07, 6.45) is -4.52. The van der Waals surface area contributed by atoms with E-state index in [0.717, 1.165) is 0 Å². The summed E-state index contributed by atoms with van der Waals surface area (Å²) in [6, 6.07) is 4.80. The summed E-state index contributed by atoms with van der Waals surface area (Å²) in [5, 5.41) is 5.13. The second-order valence-electron chi connectivity index (χ2n) is 3.27. The molecule has 0 bridgehead atoms. The van der Waals surface area contributed by atoms with Gasteiger partial charge in [0.05, 0.1) is 11.6 Å². The van der Waals surface area contributed by atoms with E-state index in [1.807, 2.05) is 0 Å². The lowest BCUT2D eigenvalue weighted by Gasteiger charge is -2.05. The smallest absolute Gasteiger partial charge is 0.445 e. The molecule has 0 saturated carbocycles. The first kappa shape index (κ1) is 14.1. The van der Waals surface area contributed by atoms with Crippen molar-refractivity contribution in [1.29, 1.82) is 0 Å². The van der Waals surface area contributed by atoms with Crippen LogP contribution in [0.15, 0.2) is 22.7 Å². The van der Waals surface area contributed by atoms with Crippen molar-refractivity contribution in [3.63, 3.8) is 0 Å². The van der Waals surface area contributed by atoms with Gasteiger partial charge in [0, 0.05) is 0 Å². The van der Waals surface area contributed by atoms with Crippen LogP contribution >= 0.6 is 27.3 Å². The molecule has 9 heteroatoms. The molecule has 19 heavy (non-hydrogen) atoms. The van der Waals surface area contributed by atoms with Crippen molar-refractivity contribution in [3.8, 4) is 16.7 Å². The molecular weight excluding hydrogens is 349 g/mol. The minimum Gasteiger partial charge on any atom is -0.497 e. The molecule has 2 aromatic rings. The fourth-order valence-electron chi connectivity index (χ4n) is 1.15.